The number of nitrogens with zero attached hydrogens (tertiary/aromatic N) is 1. The first-order valence-corrected chi connectivity index (χ1v) is 7.82. The first-order chi connectivity index (χ1) is 10.5. The van der Waals surface area contributed by atoms with E-state index in [2.05, 4.69) is 20.8 Å². The van der Waals surface area contributed by atoms with E-state index in [0.717, 1.165) is 24.3 Å². The van der Waals surface area contributed by atoms with E-state index in [9.17, 15) is 4.79 Å². The van der Waals surface area contributed by atoms with Gasteiger partial charge in [0, 0.05) is 27.6 Å². The van der Waals surface area contributed by atoms with Crippen molar-refractivity contribution >= 4 is 47.3 Å². The number of carbonyl (C=O) groups excluding carboxylic acids is 1. The average molecular weight is 376 g/mol. The Labute approximate surface area is 150 Å². The van der Waals surface area contributed by atoms with Crippen LogP contribution in [0.3, 0.4) is 0 Å². The molecule has 1 fully saturated rings. The molecule has 1 unspecified atom stereocenters. The average Bonchev–Trinajstić information content (AvgIpc) is 2.84. The molecule has 23 heavy (non-hydrogen) atoms. The molecule has 1 aromatic heterocycles. The van der Waals surface area contributed by atoms with E-state index in [1.807, 2.05) is 6.92 Å². The first kappa shape index (κ1) is 18.1. The van der Waals surface area contributed by atoms with Gasteiger partial charge in [-0.2, -0.15) is 5.10 Å². The number of halogens is 3. The Kier molecular flexibility index (Phi) is 5.92. The highest BCUT2D eigenvalue weighted by molar-refractivity contribution is 6.35. The maximum atomic E-state index is 12.2. The zero-order valence-corrected chi connectivity index (χ0v) is 14.7. The Morgan fingerprint density at radius 3 is 2.48 bits per heavy atom. The van der Waals surface area contributed by atoms with Crippen molar-refractivity contribution in [3.8, 4) is 11.3 Å². The van der Waals surface area contributed by atoms with Crippen molar-refractivity contribution in [1.29, 1.82) is 0 Å². The summed E-state index contributed by atoms with van der Waals surface area (Å²) < 4.78 is 0. The van der Waals surface area contributed by atoms with Gasteiger partial charge in [0.15, 0.2) is 5.82 Å². The predicted octanol–water partition coefficient (Wildman–Crippen LogP) is 3.60. The van der Waals surface area contributed by atoms with Crippen LogP contribution in [0.4, 0.5) is 5.82 Å². The van der Waals surface area contributed by atoms with Gasteiger partial charge in [0.2, 0.25) is 5.91 Å². The van der Waals surface area contributed by atoms with Gasteiger partial charge in [0.05, 0.1) is 5.69 Å². The van der Waals surface area contributed by atoms with Crippen LogP contribution in [-0.2, 0) is 4.79 Å². The molecule has 0 saturated carbocycles. The summed E-state index contributed by atoms with van der Waals surface area (Å²) >= 11 is 12.0. The number of nitrogens with one attached hydrogen (secondary N) is 3. The molecule has 1 amide bonds. The lowest BCUT2D eigenvalue weighted by molar-refractivity contribution is -0.121. The molecule has 2 heterocycles. The van der Waals surface area contributed by atoms with Crippen LogP contribution in [0, 0.1) is 11.8 Å². The van der Waals surface area contributed by atoms with E-state index < -0.39 is 0 Å². The molecule has 124 valence electrons. The van der Waals surface area contributed by atoms with Crippen LogP contribution in [0.15, 0.2) is 24.3 Å². The zero-order valence-electron chi connectivity index (χ0n) is 12.4. The quantitative estimate of drug-likeness (QED) is 0.764. The normalized spacial score (nSPS) is 15.4. The van der Waals surface area contributed by atoms with Crippen LogP contribution in [0.1, 0.15) is 6.92 Å². The number of rotatable bonds is 4. The molecular weight excluding hydrogens is 359 g/mol. The van der Waals surface area contributed by atoms with Crippen LogP contribution >= 0.6 is 35.6 Å². The second-order valence-electron chi connectivity index (χ2n) is 5.52. The van der Waals surface area contributed by atoms with Crippen LogP contribution in [0.25, 0.3) is 11.3 Å². The van der Waals surface area contributed by atoms with Gasteiger partial charge in [-0.15, -0.1) is 12.4 Å². The number of hydrogen-bond donors (Lipinski definition) is 3. The molecule has 8 heteroatoms. The topological polar surface area (TPSA) is 69.8 Å². The number of aromatic nitrogens is 2. The van der Waals surface area contributed by atoms with Crippen LogP contribution < -0.4 is 10.6 Å². The minimum atomic E-state index is -0.0398. The second kappa shape index (κ2) is 7.53. The summed E-state index contributed by atoms with van der Waals surface area (Å²) in [6.45, 7) is 3.72. The standard InChI is InChI=1S/C15H16Cl2N4O.ClH/c1-8(10-6-18-7-10)15(22)19-14-5-13(20-21-14)9-2-11(16)4-12(17)3-9;/h2-5,8,10,18H,6-7H2,1H3,(H2,19,20,21,22);1H. The van der Waals surface area contributed by atoms with Crippen molar-refractivity contribution in [2.24, 2.45) is 11.8 Å². The Bertz CT molecular complexity index is 680. The van der Waals surface area contributed by atoms with Crippen molar-refractivity contribution in [2.75, 3.05) is 18.4 Å². The van der Waals surface area contributed by atoms with Gasteiger partial charge in [-0.3, -0.25) is 9.89 Å². The minimum absolute atomic E-state index is 0. The maximum absolute atomic E-state index is 12.2. The highest BCUT2D eigenvalue weighted by Gasteiger charge is 2.29. The SMILES string of the molecule is CC(C(=O)Nc1cc(-c2cc(Cl)cc(Cl)c2)[nH]n1)C1CNC1.Cl. The summed E-state index contributed by atoms with van der Waals surface area (Å²) in [5.74, 6) is 0.830. The molecule has 0 bridgehead atoms. The van der Waals surface area contributed by atoms with Crippen molar-refractivity contribution in [2.45, 2.75) is 6.92 Å². The Balaban J connectivity index is 0.00000192. The number of aromatic amines is 1. The Morgan fingerprint density at radius 2 is 1.91 bits per heavy atom. The van der Waals surface area contributed by atoms with Gasteiger partial charge in [-0.1, -0.05) is 30.1 Å². The summed E-state index contributed by atoms with van der Waals surface area (Å²) in [6.07, 6.45) is 0. The van der Waals surface area contributed by atoms with Crippen molar-refractivity contribution in [3.63, 3.8) is 0 Å². The summed E-state index contributed by atoms with van der Waals surface area (Å²) in [5, 5.41) is 14.1. The van der Waals surface area contributed by atoms with Crippen molar-refractivity contribution in [3.05, 3.63) is 34.3 Å². The lowest BCUT2D eigenvalue weighted by Crippen LogP contribution is -2.48. The highest BCUT2D eigenvalue weighted by atomic mass is 35.5. The molecule has 1 aliphatic heterocycles. The fourth-order valence-electron chi connectivity index (χ4n) is 2.36. The molecule has 1 saturated heterocycles. The third-order valence-corrected chi connectivity index (χ3v) is 4.37. The predicted molar refractivity (Wildman–Crippen MR) is 95.4 cm³/mol. The third-order valence-electron chi connectivity index (χ3n) is 3.94. The minimum Gasteiger partial charge on any atom is -0.316 e. The number of amides is 1. The summed E-state index contributed by atoms with van der Waals surface area (Å²) in [5.41, 5.74) is 1.57. The van der Waals surface area contributed by atoms with Gasteiger partial charge in [0.25, 0.3) is 0 Å². The maximum Gasteiger partial charge on any atom is 0.228 e. The fraction of sp³-hybridized carbons (Fsp3) is 0.333. The molecule has 3 N–H and O–H groups in total. The van der Waals surface area contributed by atoms with E-state index in [4.69, 9.17) is 23.2 Å². The molecule has 1 aliphatic rings. The Hall–Kier alpha value is -1.27. The molecule has 0 spiro atoms. The lowest BCUT2D eigenvalue weighted by Gasteiger charge is -2.31. The molecule has 0 radical (unpaired) electrons. The molecule has 2 aromatic rings. The van der Waals surface area contributed by atoms with E-state index >= 15 is 0 Å². The van der Waals surface area contributed by atoms with Crippen LogP contribution in [0.2, 0.25) is 10.0 Å². The van der Waals surface area contributed by atoms with E-state index in [1.165, 1.54) is 0 Å². The number of H-pyrrole nitrogens is 1. The largest absolute Gasteiger partial charge is 0.316 e. The fourth-order valence-corrected chi connectivity index (χ4v) is 2.89. The van der Waals surface area contributed by atoms with Gasteiger partial charge >= 0.3 is 0 Å². The molecule has 5 nitrogen and oxygen atoms in total. The monoisotopic (exact) mass is 374 g/mol. The van der Waals surface area contributed by atoms with Crippen molar-refractivity contribution in [1.82, 2.24) is 15.5 Å². The number of hydrogen-bond acceptors (Lipinski definition) is 3. The third kappa shape index (κ3) is 4.18. The molecule has 1 atom stereocenters. The summed E-state index contributed by atoms with van der Waals surface area (Å²) in [4.78, 5) is 12.2. The van der Waals surface area contributed by atoms with E-state index in [0.29, 0.717) is 21.8 Å². The number of carbonyl (C=O) groups is 1. The van der Waals surface area contributed by atoms with Gasteiger partial charge in [-0.05, 0) is 37.2 Å². The van der Waals surface area contributed by atoms with Crippen molar-refractivity contribution < 1.29 is 4.79 Å². The lowest BCUT2D eigenvalue weighted by atomic mass is 9.88. The number of benzene rings is 1. The highest BCUT2D eigenvalue weighted by Crippen LogP contribution is 2.27. The molecule has 1 aromatic carbocycles. The number of anilines is 1. The summed E-state index contributed by atoms with van der Waals surface area (Å²) in [6, 6.07) is 7.01. The second-order valence-corrected chi connectivity index (χ2v) is 6.39. The zero-order chi connectivity index (χ0) is 15.7. The van der Waals surface area contributed by atoms with Gasteiger partial charge in [0.1, 0.15) is 0 Å². The van der Waals surface area contributed by atoms with Crippen LogP contribution in [-0.4, -0.2) is 29.2 Å². The molecule has 3 rings (SSSR count). The van der Waals surface area contributed by atoms with Gasteiger partial charge in [-0.25, -0.2) is 0 Å². The van der Waals surface area contributed by atoms with E-state index in [-0.39, 0.29) is 24.2 Å². The smallest absolute Gasteiger partial charge is 0.228 e. The Morgan fingerprint density at radius 1 is 1.26 bits per heavy atom. The van der Waals surface area contributed by atoms with E-state index in [1.54, 1.807) is 24.3 Å². The first-order valence-electron chi connectivity index (χ1n) is 7.06. The summed E-state index contributed by atoms with van der Waals surface area (Å²) in [7, 11) is 0. The molecular formula is C15H17Cl3N4O. The molecule has 0 aliphatic carbocycles. The van der Waals surface area contributed by atoms with Gasteiger partial charge < -0.3 is 10.6 Å². The van der Waals surface area contributed by atoms with Crippen LogP contribution in [0.5, 0.6) is 0 Å².